The minimum absolute atomic E-state index is 0.0374. The van der Waals surface area contributed by atoms with E-state index in [9.17, 15) is 4.79 Å². The molecule has 1 aromatic rings. The summed E-state index contributed by atoms with van der Waals surface area (Å²) in [5.74, 6) is -0.0374. The van der Waals surface area contributed by atoms with Crippen LogP contribution in [0, 0.1) is 7.05 Å². The summed E-state index contributed by atoms with van der Waals surface area (Å²) < 4.78 is 0. The molecule has 0 saturated carbocycles. The molecule has 3 heteroatoms. The highest BCUT2D eigenvalue weighted by Crippen LogP contribution is 2.10. The van der Waals surface area contributed by atoms with E-state index in [1.807, 2.05) is 24.3 Å². The molecule has 0 aliphatic rings. The molecule has 1 N–H and O–H groups in total. The quantitative estimate of drug-likeness (QED) is 0.706. The van der Waals surface area contributed by atoms with Gasteiger partial charge >= 0.3 is 0 Å². The number of carbonyl (C=O) groups excluding carboxylic acids is 1. The van der Waals surface area contributed by atoms with Gasteiger partial charge in [-0.05, 0) is 24.1 Å². The number of hydrogen-bond acceptors (Lipinski definition) is 2. The van der Waals surface area contributed by atoms with E-state index in [1.165, 1.54) is 0 Å². The Hall–Kier alpha value is -0.960. The first kappa shape index (κ1) is 10.1. The van der Waals surface area contributed by atoms with Gasteiger partial charge in [0.15, 0.2) is 0 Å². The number of aryl methyl sites for hydroxylation is 1. The zero-order chi connectivity index (χ0) is 9.68. The summed E-state index contributed by atoms with van der Waals surface area (Å²) >= 11 is 4.21. The molecule has 1 amide bonds. The van der Waals surface area contributed by atoms with Crippen molar-refractivity contribution in [1.29, 1.82) is 0 Å². The minimum Gasteiger partial charge on any atom is -0.354 e. The summed E-state index contributed by atoms with van der Waals surface area (Å²) in [5, 5.41) is 2.34. The number of amides is 1. The molecule has 2 nitrogen and oxygen atoms in total. The summed E-state index contributed by atoms with van der Waals surface area (Å²) in [7, 11) is 3.30. The Morgan fingerprint density at radius 2 is 2.31 bits per heavy atom. The molecule has 1 radical (unpaired) electrons. The number of rotatable bonds is 3. The number of benzene rings is 1. The van der Waals surface area contributed by atoms with Crippen LogP contribution in [0.3, 0.4) is 0 Å². The molecule has 1 aromatic carbocycles. The Bertz CT molecular complexity index is 299. The molecule has 0 aliphatic heterocycles. The van der Waals surface area contributed by atoms with E-state index in [4.69, 9.17) is 0 Å². The van der Waals surface area contributed by atoms with Crippen molar-refractivity contribution in [1.82, 2.24) is 5.32 Å². The van der Waals surface area contributed by atoms with Crippen molar-refractivity contribution in [2.45, 2.75) is 17.7 Å². The summed E-state index contributed by atoms with van der Waals surface area (Å²) in [4.78, 5) is 11.8. The van der Waals surface area contributed by atoms with Crippen LogP contribution in [0.15, 0.2) is 29.2 Å². The van der Waals surface area contributed by atoms with Gasteiger partial charge in [-0.25, -0.2) is 0 Å². The molecular weight excluding hydrogens is 182 g/mol. The second-order valence-corrected chi connectivity index (χ2v) is 3.29. The highest BCUT2D eigenvalue weighted by Gasteiger charge is 1.99. The third kappa shape index (κ3) is 3.51. The van der Waals surface area contributed by atoms with Gasteiger partial charge in [0.25, 0.3) is 0 Å². The van der Waals surface area contributed by atoms with Crippen LogP contribution < -0.4 is 5.32 Å². The van der Waals surface area contributed by atoms with Crippen LogP contribution in [0.1, 0.15) is 12.0 Å². The lowest BCUT2D eigenvalue weighted by atomic mass is 10.1. The first-order valence-corrected chi connectivity index (χ1v) is 4.51. The average Bonchev–Trinajstić information content (AvgIpc) is 2.14. The summed E-state index contributed by atoms with van der Waals surface area (Å²) in [5.41, 5.74) is 1.12. The van der Waals surface area contributed by atoms with Crippen LogP contribution >= 0.6 is 12.6 Å². The molecule has 0 saturated heterocycles. The smallest absolute Gasteiger partial charge is 0.220 e. The third-order valence-corrected chi connectivity index (χ3v) is 2.03. The van der Waals surface area contributed by atoms with Crippen LogP contribution in [-0.4, -0.2) is 5.91 Å². The molecule has 0 atom stereocenters. The highest BCUT2D eigenvalue weighted by atomic mass is 32.1. The molecule has 0 bridgehead atoms. The molecule has 0 spiro atoms. The zero-order valence-corrected chi connectivity index (χ0v) is 8.18. The van der Waals surface area contributed by atoms with E-state index in [0.29, 0.717) is 6.42 Å². The SMILES string of the molecule is [CH2]NC(=O)CCc1cccc(S)c1. The zero-order valence-electron chi connectivity index (χ0n) is 7.29. The molecule has 69 valence electrons. The summed E-state index contributed by atoms with van der Waals surface area (Å²) in [6.07, 6.45) is 1.20. The number of carbonyl (C=O) groups is 1. The number of nitrogens with one attached hydrogen (secondary N) is 1. The standard InChI is InChI=1S/C10H12NOS/c1-11-10(12)6-5-8-3-2-4-9(13)7-8/h2-4,7,13H,1,5-6H2,(H,11,12). The van der Waals surface area contributed by atoms with E-state index in [1.54, 1.807) is 0 Å². The third-order valence-electron chi connectivity index (χ3n) is 1.75. The van der Waals surface area contributed by atoms with E-state index in [0.717, 1.165) is 16.9 Å². The second kappa shape index (κ2) is 4.92. The van der Waals surface area contributed by atoms with Crippen molar-refractivity contribution in [2.75, 3.05) is 0 Å². The average molecular weight is 194 g/mol. The fourth-order valence-corrected chi connectivity index (χ4v) is 1.31. The topological polar surface area (TPSA) is 29.1 Å². The molecular formula is C10H12NOS. The molecule has 1 rings (SSSR count). The summed E-state index contributed by atoms with van der Waals surface area (Å²) in [6, 6.07) is 7.78. The second-order valence-electron chi connectivity index (χ2n) is 2.77. The Morgan fingerprint density at radius 1 is 1.54 bits per heavy atom. The Kier molecular flexibility index (Phi) is 3.83. The normalized spacial score (nSPS) is 9.69. The van der Waals surface area contributed by atoms with E-state index < -0.39 is 0 Å². The van der Waals surface area contributed by atoms with Gasteiger partial charge in [-0.2, -0.15) is 0 Å². The van der Waals surface area contributed by atoms with Gasteiger partial charge in [-0.1, -0.05) is 12.1 Å². The van der Waals surface area contributed by atoms with Crippen LogP contribution in [0.2, 0.25) is 0 Å². The van der Waals surface area contributed by atoms with Gasteiger partial charge in [-0.15, -0.1) is 12.6 Å². The predicted molar refractivity (Wildman–Crippen MR) is 55.5 cm³/mol. The van der Waals surface area contributed by atoms with Crippen molar-refractivity contribution < 1.29 is 4.79 Å². The highest BCUT2D eigenvalue weighted by molar-refractivity contribution is 7.80. The molecule has 0 fully saturated rings. The van der Waals surface area contributed by atoms with Gasteiger partial charge in [-0.3, -0.25) is 4.79 Å². The molecule has 0 heterocycles. The van der Waals surface area contributed by atoms with Crippen molar-refractivity contribution in [3.8, 4) is 0 Å². The maximum absolute atomic E-state index is 10.9. The van der Waals surface area contributed by atoms with E-state index >= 15 is 0 Å². The number of hydrogen-bond donors (Lipinski definition) is 2. The van der Waals surface area contributed by atoms with Gasteiger partial charge in [0.2, 0.25) is 5.91 Å². The van der Waals surface area contributed by atoms with Gasteiger partial charge in [0, 0.05) is 18.4 Å². The fraction of sp³-hybridized carbons (Fsp3) is 0.200. The lowest BCUT2D eigenvalue weighted by Crippen LogP contribution is -2.15. The Morgan fingerprint density at radius 3 is 2.92 bits per heavy atom. The Balaban J connectivity index is 2.50. The van der Waals surface area contributed by atoms with Crippen LogP contribution in [0.25, 0.3) is 0 Å². The van der Waals surface area contributed by atoms with Crippen molar-refractivity contribution in [3.63, 3.8) is 0 Å². The first-order valence-electron chi connectivity index (χ1n) is 4.06. The molecule has 0 aromatic heterocycles. The van der Waals surface area contributed by atoms with Gasteiger partial charge in [0.05, 0.1) is 0 Å². The van der Waals surface area contributed by atoms with Gasteiger partial charge in [0.1, 0.15) is 0 Å². The number of thiol groups is 1. The Labute approximate surface area is 83.8 Å². The molecule has 13 heavy (non-hydrogen) atoms. The van der Waals surface area contributed by atoms with Crippen LogP contribution in [-0.2, 0) is 11.2 Å². The van der Waals surface area contributed by atoms with E-state index in [2.05, 4.69) is 25.0 Å². The predicted octanol–water partition coefficient (Wildman–Crippen LogP) is 1.82. The van der Waals surface area contributed by atoms with Gasteiger partial charge < -0.3 is 5.32 Å². The first-order chi connectivity index (χ1) is 6.22. The monoisotopic (exact) mass is 194 g/mol. The molecule has 0 unspecified atom stereocenters. The minimum atomic E-state index is -0.0374. The lowest BCUT2D eigenvalue weighted by Gasteiger charge is -2.01. The maximum Gasteiger partial charge on any atom is 0.220 e. The molecule has 0 aliphatic carbocycles. The van der Waals surface area contributed by atoms with Crippen LogP contribution in [0.4, 0.5) is 0 Å². The van der Waals surface area contributed by atoms with Crippen molar-refractivity contribution in [3.05, 3.63) is 36.9 Å². The van der Waals surface area contributed by atoms with E-state index in [-0.39, 0.29) is 5.91 Å². The van der Waals surface area contributed by atoms with Crippen LogP contribution in [0.5, 0.6) is 0 Å². The lowest BCUT2D eigenvalue weighted by molar-refractivity contribution is -0.120. The summed E-state index contributed by atoms with van der Waals surface area (Å²) in [6.45, 7) is 0. The van der Waals surface area contributed by atoms with Crippen molar-refractivity contribution >= 4 is 18.5 Å². The largest absolute Gasteiger partial charge is 0.354 e. The maximum atomic E-state index is 10.9. The van der Waals surface area contributed by atoms with Crippen molar-refractivity contribution in [2.24, 2.45) is 0 Å². The fourth-order valence-electron chi connectivity index (χ4n) is 1.06.